The smallest absolute Gasteiger partial charge is 0.0151 e. The number of thiol groups is 4. The van der Waals surface area contributed by atoms with E-state index >= 15 is 0 Å². The maximum absolute atomic E-state index is 5.18. The van der Waals surface area contributed by atoms with Crippen molar-refractivity contribution in [2.24, 2.45) is 21.7 Å². The fourth-order valence-corrected chi connectivity index (χ4v) is 9.58. The molecule has 0 aromatic rings. The summed E-state index contributed by atoms with van der Waals surface area (Å²) in [5, 5.41) is 1.61. The molecule has 0 spiro atoms. The second kappa shape index (κ2) is 4.48. The molecular formula is C16H28S4. The van der Waals surface area contributed by atoms with Crippen LogP contribution in [0, 0.1) is 21.7 Å². The van der Waals surface area contributed by atoms with E-state index in [4.69, 9.17) is 50.5 Å². The molecule has 0 radical (unpaired) electrons. The highest BCUT2D eigenvalue weighted by atomic mass is 32.1. The lowest BCUT2D eigenvalue weighted by atomic mass is 9.34. The van der Waals surface area contributed by atoms with Crippen molar-refractivity contribution in [1.29, 1.82) is 0 Å². The second-order valence-electron chi connectivity index (χ2n) is 8.15. The highest BCUT2D eigenvalue weighted by Gasteiger charge is 2.77. The highest BCUT2D eigenvalue weighted by molar-refractivity contribution is 7.83. The average molecular weight is 349 g/mol. The van der Waals surface area contributed by atoms with Crippen LogP contribution in [0.15, 0.2) is 0 Å². The normalized spacial score (nSPS) is 64.8. The molecule has 0 saturated heterocycles. The second-order valence-corrected chi connectivity index (χ2v) is 10.2. The molecule has 4 heteroatoms. The Hall–Kier alpha value is 1.40. The van der Waals surface area contributed by atoms with Gasteiger partial charge in [-0.05, 0) is 47.3 Å². The first kappa shape index (κ1) is 16.3. The molecular weight excluding hydrogens is 320 g/mol. The maximum atomic E-state index is 5.18. The first-order valence-corrected chi connectivity index (χ1v) is 9.94. The van der Waals surface area contributed by atoms with Crippen molar-refractivity contribution in [2.45, 2.75) is 74.4 Å². The van der Waals surface area contributed by atoms with Gasteiger partial charge >= 0.3 is 0 Å². The monoisotopic (exact) mass is 348 g/mol. The Labute approximate surface area is 146 Å². The van der Waals surface area contributed by atoms with Gasteiger partial charge in [-0.1, -0.05) is 27.7 Å². The lowest BCUT2D eigenvalue weighted by Gasteiger charge is -2.78. The molecule has 4 aliphatic carbocycles. The van der Waals surface area contributed by atoms with E-state index in [1.54, 1.807) is 0 Å². The van der Waals surface area contributed by atoms with Crippen molar-refractivity contribution >= 4 is 50.5 Å². The van der Waals surface area contributed by atoms with Crippen LogP contribution in [-0.2, 0) is 0 Å². The molecule has 0 amide bonds. The van der Waals surface area contributed by atoms with Crippen molar-refractivity contribution in [3.63, 3.8) is 0 Å². The molecule has 4 rings (SSSR count). The third kappa shape index (κ3) is 1.45. The van der Waals surface area contributed by atoms with Crippen LogP contribution in [0.25, 0.3) is 0 Å². The molecule has 6 atom stereocenters. The molecule has 20 heavy (non-hydrogen) atoms. The summed E-state index contributed by atoms with van der Waals surface area (Å²) in [5.74, 6) is 0. The summed E-state index contributed by atoms with van der Waals surface area (Å²) >= 11 is 20.5. The minimum atomic E-state index is 0.198. The standard InChI is InChI=1S/C16H28S4/c1-5-15-7-13(3)9(17)14(4,10(15)18)8-16(6-2,11(13)19)12(15)20/h9-12,17-20H,5-8H2,1-4H3. The van der Waals surface area contributed by atoms with Crippen LogP contribution in [0.1, 0.15) is 53.4 Å². The zero-order valence-electron chi connectivity index (χ0n) is 12.9. The van der Waals surface area contributed by atoms with Gasteiger partial charge in [-0.25, -0.2) is 0 Å². The van der Waals surface area contributed by atoms with Crippen molar-refractivity contribution in [1.82, 2.24) is 0 Å². The fourth-order valence-electron chi connectivity index (χ4n) is 6.45. The molecule has 0 heterocycles. The first-order chi connectivity index (χ1) is 9.15. The summed E-state index contributed by atoms with van der Waals surface area (Å²) in [6, 6.07) is 0. The van der Waals surface area contributed by atoms with Gasteiger partial charge in [-0.15, -0.1) is 0 Å². The van der Waals surface area contributed by atoms with E-state index in [0.29, 0.717) is 21.0 Å². The van der Waals surface area contributed by atoms with Gasteiger partial charge in [0.15, 0.2) is 0 Å². The summed E-state index contributed by atoms with van der Waals surface area (Å²) in [6.07, 6.45) is 4.70. The molecule has 0 aromatic heterocycles. The lowest BCUT2D eigenvalue weighted by Crippen LogP contribution is -2.79. The highest BCUT2D eigenvalue weighted by Crippen LogP contribution is 2.78. The van der Waals surface area contributed by atoms with Crippen LogP contribution in [0.5, 0.6) is 0 Å². The SMILES string of the molecule is CCC12CC3(C)C(S)C(C)(CC(CC)(C3S)C1S)C2S. The number of hydrogen-bond donors (Lipinski definition) is 4. The first-order valence-electron chi connectivity index (χ1n) is 7.88. The van der Waals surface area contributed by atoms with E-state index in [-0.39, 0.29) is 21.7 Å². The third-order valence-electron chi connectivity index (χ3n) is 7.41. The lowest BCUT2D eigenvalue weighted by molar-refractivity contribution is -0.165. The largest absolute Gasteiger partial charge is 0.175 e. The van der Waals surface area contributed by atoms with Gasteiger partial charge in [-0.3, -0.25) is 0 Å². The molecule has 4 bridgehead atoms. The quantitative estimate of drug-likeness (QED) is 0.506. The summed E-state index contributed by atoms with van der Waals surface area (Å²) in [7, 11) is 0. The van der Waals surface area contributed by atoms with Gasteiger partial charge in [0.2, 0.25) is 0 Å². The summed E-state index contributed by atoms with van der Waals surface area (Å²) < 4.78 is 0. The minimum Gasteiger partial charge on any atom is -0.175 e. The molecule has 4 fully saturated rings. The fraction of sp³-hybridized carbons (Fsp3) is 1.00. The summed E-state index contributed by atoms with van der Waals surface area (Å²) in [6.45, 7) is 9.51. The van der Waals surface area contributed by atoms with Crippen LogP contribution >= 0.6 is 50.5 Å². The summed E-state index contributed by atoms with van der Waals surface area (Å²) in [5.41, 5.74) is 0.873. The number of rotatable bonds is 2. The molecule has 0 nitrogen and oxygen atoms in total. The van der Waals surface area contributed by atoms with Gasteiger partial charge in [0.25, 0.3) is 0 Å². The molecule has 0 aliphatic heterocycles. The molecule has 0 aromatic carbocycles. The topological polar surface area (TPSA) is 0 Å². The maximum Gasteiger partial charge on any atom is 0.0151 e. The van der Waals surface area contributed by atoms with Gasteiger partial charge in [0.1, 0.15) is 0 Å². The van der Waals surface area contributed by atoms with Gasteiger partial charge in [0.05, 0.1) is 0 Å². The molecule has 4 saturated carbocycles. The Morgan fingerprint density at radius 2 is 1.05 bits per heavy atom. The van der Waals surface area contributed by atoms with Crippen molar-refractivity contribution in [3.8, 4) is 0 Å². The average Bonchev–Trinajstić information content (AvgIpc) is 2.43. The van der Waals surface area contributed by atoms with Crippen LogP contribution in [0.2, 0.25) is 0 Å². The predicted molar refractivity (Wildman–Crippen MR) is 102 cm³/mol. The minimum absolute atomic E-state index is 0.198. The molecule has 4 aliphatic rings. The van der Waals surface area contributed by atoms with E-state index in [0.717, 1.165) is 0 Å². The molecule has 0 N–H and O–H groups in total. The van der Waals surface area contributed by atoms with Crippen LogP contribution in [-0.4, -0.2) is 21.0 Å². The van der Waals surface area contributed by atoms with Gasteiger partial charge < -0.3 is 0 Å². The third-order valence-corrected chi connectivity index (χ3v) is 11.8. The van der Waals surface area contributed by atoms with Crippen molar-refractivity contribution < 1.29 is 0 Å². The zero-order valence-corrected chi connectivity index (χ0v) is 16.5. The Kier molecular flexibility index (Phi) is 3.64. The van der Waals surface area contributed by atoms with E-state index in [1.165, 1.54) is 25.7 Å². The van der Waals surface area contributed by atoms with Gasteiger partial charge in [0, 0.05) is 21.0 Å². The van der Waals surface area contributed by atoms with E-state index < -0.39 is 0 Å². The van der Waals surface area contributed by atoms with Crippen LogP contribution in [0.4, 0.5) is 0 Å². The van der Waals surface area contributed by atoms with E-state index in [1.807, 2.05) is 0 Å². The summed E-state index contributed by atoms with van der Waals surface area (Å²) in [4.78, 5) is 0. The molecule has 116 valence electrons. The van der Waals surface area contributed by atoms with E-state index in [9.17, 15) is 0 Å². The van der Waals surface area contributed by atoms with Crippen molar-refractivity contribution in [2.75, 3.05) is 0 Å². The predicted octanol–water partition coefficient (Wildman–Crippen LogP) is 4.81. The van der Waals surface area contributed by atoms with Crippen molar-refractivity contribution in [3.05, 3.63) is 0 Å². The zero-order chi connectivity index (χ0) is 15.1. The van der Waals surface area contributed by atoms with E-state index in [2.05, 4.69) is 27.7 Å². The Bertz CT molecular complexity index is 402. The Morgan fingerprint density at radius 1 is 0.700 bits per heavy atom. The Balaban J connectivity index is 2.26. The number of hydrogen-bond acceptors (Lipinski definition) is 4. The van der Waals surface area contributed by atoms with Crippen LogP contribution < -0.4 is 0 Å². The van der Waals surface area contributed by atoms with Gasteiger partial charge in [-0.2, -0.15) is 50.5 Å². The van der Waals surface area contributed by atoms with Crippen LogP contribution in [0.3, 0.4) is 0 Å². The Morgan fingerprint density at radius 3 is 1.35 bits per heavy atom. The molecule has 6 unspecified atom stereocenters.